The fraction of sp³-hybridized carbons (Fsp3) is 0.667. The van der Waals surface area contributed by atoms with E-state index in [4.69, 9.17) is 0 Å². The van der Waals surface area contributed by atoms with Gasteiger partial charge in [-0.25, -0.2) is 4.98 Å². The Morgan fingerprint density at radius 1 is 1.40 bits per heavy atom. The molecule has 0 atom stereocenters. The number of nitrogens with zero attached hydrogens (tertiary/aromatic N) is 2. The molecule has 0 bridgehead atoms. The van der Waals surface area contributed by atoms with Crippen LogP contribution in [0.5, 0.6) is 0 Å². The van der Waals surface area contributed by atoms with Crippen molar-refractivity contribution in [2.75, 3.05) is 5.32 Å². The molecule has 0 aliphatic heterocycles. The van der Waals surface area contributed by atoms with Crippen molar-refractivity contribution in [1.29, 1.82) is 0 Å². The van der Waals surface area contributed by atoms with E-state index in [0.717, 1.165) is 17.2 Å². The summed E-state index contributed by atoms with van der Waals surface area (Å²) >= 11 is 0. The number of nitrogens with one attached hydrogen (secondary N) is 1. The van der Waals surface area contributed by atoms with Crippen LogP contribution in [0.25, 0.3) is 0 Å². The number of hydrogen-bond donors (Lipinski definition) is 1. The topological polar surface area (TPSA) is 37.8 Å². The van der Waals surface area contributed by atoms with Crippen LogP contribution in [0, 0.1) is 13.8 Å². The Hall–Kier alpha value is -1.12. The minimum absolute atomic E-state index is 0.299. The lowest BCUT2D eigenvalue weighted by molar-refractivity contribution is 0.268. The van der Waals surface area contributed by atoms with E-state index >= 15 is 0 Å². The average Bonchev–Trinajstić information content (AvgIpc) is 2.17. The molecule has 0 radical (unpaired) electrons. The van der Waals surface area contributed by atoms with E-state index in [1.54, 1.807) is 0 Å². The van der Waals surface area contributed by atoms with Gasteiger partial charge in [-0.2, -0.15) is 0 Å². The third-order valence-electron chi connectivity index (χ3n) is 3.45. The van der Waals surface area contributed by atoms with E-state index < -0.39 is 0 Å². The molecule has 0 spiro atoms. The molecular weight excluding hydrogens is 186 g/mol. The first-order chi connectivity index (χ1) is 7.15. The molecule has 1 N–H and O–H groups in total. The summed E-state index contributed by atoms with van der Waals surface area (Å²) in [4.78, 5) is 8.84. The van der Waals surface area contributed by atoms with Gasteiger partial charge in [0.1, 0.15) is 5.82 Å². The second-order valence-corrected chi connectivity index (χ2v) is 4.56. The Kier molecular flexibility index (Phi) is 2.63. The number of aromatic nitrogens is 2. The van der Waals surface area contributed by atoms with E-state index in [1.165, 1.54) is 25.7 Å². The zero-order valence-corrected chi connectivity index (χ0v) is 9.80. The molecule has 0 unspecified atom stereocenters. The zero-order chi connectivity index (χ0) is 10.9. The Balaban J connectivity index is 2.19. The number of rotatable bonds is 3. The maximum Gasteiger partial charge on any atom is 0.148 e. The van der Waals surface area contributed by atoms with Crippen LogP contribution >= 0.6 is 0 Å². The fourth-order valence-corrected chi connectivity index (χ4v) is 2.08. The summed E-state index contributed by atoms with van der Waals surface area (Å²) in [5.41, 5.74) is 2.28. The van der Waals surface area contributed by atoms with Crippen molar-refractivity contribution >= 4 is 5.82 Å². The van der Waals surface area contributed by atoms with Crippen molar-refractivity contribution < 1.29 is 0 Å². The van der Waals surface area contributed by atoms with E-state index in [0.29, 0.717) is 5.54 Å². The van der Waals surface area contributed by atoms with Gasteiger partial charge >= 0.3 is 0 Å². The standard InChI is InChI=1S/C12H19N3/c1-4-12(6-5-7-12)15-11-10(3)13-8-9(2)14-11/h8H,4-7H2,1-3H3,(H,14,15). The first kappa shape index (κ1) is 10.4. The molecule has 0 saturated heterocycles. The fourth-order valence-electron chi connectivity index (χ4n) is 2.08. The summed E-state index contributed by atoms with van der Waals surface area (Å²) in [6, 6.07) is 0. The Morgan fingerprint density at radius 3 is 2.67 bits per heavy atom. The predicted octanol–water partition coefficient (Wildman–Crippen LogP) is 2.84. The van der Waals surface area contributed by atoms with Gasteiger partial charge in [-0.3, -0.25) is 4.98 Å². The summed E-state index contributed by atoms with van der Waals surface area (Å²) in [6.45, 7) is 6.23. The van der Waals surface area contributed by atoms with E-state index in [-0.39, 0.29) is 0 Å². The lowest BCUT2D eigenvalue weighted by atomic mass is 9.75. The first-order valence-corrected chi connectivity index (χ1v) is 5.74. The minimum atomic E-state index is 0.299. The highest BCUT2D eigenvalue weighted by molar-refractivity contribution is 5.43. The quantitative estimate of drug-likeness (QED) is 0.824. The molecule has 15 heavy (non-hydrogen) atoms. The van der Waals surface area contributed by atoms with Gasteiger partial charge < -0.3 is 5.32 Å². The highest BCUT2D eigenvalue weighted by Gasteiger charge is 2.35. The van der Waals surface area contributed by atoms with Crippen molar-refractivity contribution in [3.8, 4) is 0 Å². The molecule has 2 rings (SSSR count). The van der Waals surface area contributed by atoms with Crippen LogP contribution < -0.4 is 5.32 Å². The van der Waals surface area contributed by atoms with E-state index in [2.05, 4.69) is 22.2 Å². The smallest absolute Gasteiger partial charge is 0.148 e. The monoisotopic (exact) mass is 205 g/mol. The van der Waals surface area contributed by atoms with Crippen LogP contribution in [0.3, 0.4) is 0 Å². The van der Waals surface area contributed by atoms with Crippen LogP contribution in [0.2, 0.25) is 0 Å². The highest BCUT2D eigenvalue weighted by atomic mass is 15.1. The minimum Gasteiger partial charge on any atom is -0.363 e. The van der Waals surface area contributed by atoms with Crippen LogP contribution in [-0.2, 0) is 0 Å². The second-order valence-electron chi connectivity index (χ2n) is 4.56. The molecule has 1 saturated carbocycles. The zero-order valence-electron chi connectivity index (χ0n) is 9.80. The summed E-state index contributed by atoms with van der Waals surface area (Å²) < 4.78 is 0. The lowest BCUT2D eigenvalue weighted by Crippen LogP contribution is -2.44. The van der Waals surface area contributed by atoms with E-state index in [9.17, 15) is 0 Å². The predicted molar refractivity (Wildman–Crippen MR) is 62.0 cm³/mol. The second kappa shape index (κ2) is 3.80. The maximum absolute atomic E-state index is 4.51. The molecule has 1 fully saturated rings. The third kappa shape index (κ3) is 1.96. The van der Waals surface area contributed by atoms with Gasteiger partial charge in [-0.05, 0) is 39.5 Å². The number of hydrogen-bond acceptors (Lipinski definition) is 3. The van der Waals surface area contributed by atoms with Crippen molar-refractivity contribution in [1.82, 2.24) is 9.97 Å². The van der Waals surface area contributed by atoms with Crippen LogP contribution in [0.4, 0.5) is 5.82 Å². The highest BCUT2D eigenvalue weighted by Crippen LogP contribution is 2.37. The van der Waals surface area contributed by atoms with Crippen LogP contribution in [-0.4, -0.2) is 15.5 Å². The first-order valence-electron chi connectivity index (χ1n) is 5.74. The number of anilines is 1. The summed E-state index contributed by atoms with van der Waals surface area (Å²) in [5, 5.41) is 3.58. The Morgan fingerprint density at radius 2 is 2.13 bits per heavy atom. The molecule has 82 valence electrons. The Labute approximate surface area is 91.3 Å². The van der Waals surface area contributed by atoms with Gasteiger partial charge in [-0.1, -0.05) is 6.92 Å². The molecule has 0 aromatic carbocycles. The lowest BCUT2D eigenvalue weighted by Gasteiger charge is -2.42. The van der Waals surface area contributed by atoms with Crippen molar-refractivity contribution in [2.45, 2.75) is 52.0 Å². The van der Waals surface area contributed by atoms with E-state index in [1.807, 2.05) is 20.0 Å². The van der Waals surface area contributed by atoms with Gasteiger partial charge in [0.05, 0.1) is 11.4 Å². The molecular formula is C12H19N3. The molecule has 3 heteroatoms. The van der Waals surface area contributed by atoms with Crippen molar-refractivity contribution in [2.24, 2.45) is 0 Å². The summed E-state index contributed by atoms with van der Waals surface area (Å²) in [6.07, 6.45) is 6.85. The summed E-state index contributed by atoms with van der Waals surface area (Å²) in [5.74, 6) is 0.969. The summed E-state index contributed by atoms with van der Waals surface area (Å²) in [7, 11) is 0. The number of aryl methyl sites for hydroxylation is 2. The van der Waals surface area contributed by atoms with Gasteiger partial charge in [0, 0.05) is 11.7 Å². The van der Waals surface area contributed by atoms with Gasteiger partial charge in [0.15, 0.2) is 0 Å². The van der Waals surface area contributed by atoms with Crippen molar-refractivity contribution in [3.05, 3.63) is 17.6 Å². The van der Waals surface area contributed by atoms with Gasteiger partial charge in [0.2, 0.25) is 0 Å². The Bertz CT molecular complexity index is 350. The molecule has 3 nitrogen and oxygen atoms in total. The maximum atomic E-state index is 4.51. The van der Waals surface area contributed by atoms with Crippen LogP contribution in [0.15, 0.2) is 6.20 Å². The SMILES string of the molecule is CCC1(Nc2nc(C)cnc2C)CCC1. The van der Waals surface area contributed by atoms with Crippen molar-refractivity contribution in [3.63, 3.8) is 0 Å². The van der Waals surface area contributed by atoms with Gasteiger partial charge in [0.25, 0.3) is 0 Å². The van der Waals surface area contributed by atoms with Gasteiger partial charge in [-0.15, -0.1) is 0 Å². The normalized spacial score (nSPS) is 18.3. The average molecular weight is 205 g/mol. The molecule has 1 aliphatic rings. The molecule has 1 aromatic heterocycles. The molecule has 1 heterocycles. The van der Waals surface area contributed by atoms with Crippen LogP contribution in [0.1, 0.15) is 44.0 Å². The largest absolute Gasteiger partial charge is 0.363 e. The molecule has 1 aromatic rings. The third-order valence-corrected chi connectivity index (χ3v) is 3.45. The molecule has 1 aliphatic carbocycles. The molecule has 0 amide bonds.